The number of carbonyl (C=O) groups is 1. The zero-order valence-electron chi connectivity index (χ0n) is 14.1. The number of nitrogens with one attached hydrogen (secondary N) is 1. The summed E-state index contributed by atoms with van der Waals surface area (Å²) in [7, 11) is 0. The first-order chi connectivity index (χ1) is 9.84. The average Bonchev–Trinajstić information content (AvgIpc) is 2.44. The summed E-state index contributed by atoms with van der Waals surface area (Å²) in [6.45, 7) is 7.34. The highest BCUT2D eigenvalue weighted by atomic mass is 35.5. The summed E-state index contributed by atoms with van der Waals surface area (Å²) >= 11 is 0. The molecule has 2 aliphatic carbocycles. The van der Waals surface area contributed by atoms with Gasteiger partial charge in [0, 0.05) is 29.5 Å². The second-order valence-corrected chi connectivity index (χ2v) is 8.21. The van der Waals surface area contributed by atoms with E-state index in [-0.39, 0.29) is 41.2 Å². The Morgan fingerprint density at radius 1 is 1.18 bits per heavy atom. The van der Waals surface area contributed by atoms with Gasteiger partial charge in [-0.1, -0.05) is 26.7 Å². The molecule has 4 nitrogen and oxygen atoms in total. The first-order valence-corrected chi connectivity index (χ1v) is 8.55. The average molecular weight is 331 g/mol. The van der Waals surface area contributed by atoms with Crippen molar-refractivity contribution in [3.63, 3.8) is 0 Å². The van der Waals surface area contributed by atoms with E-state index in [0.717, 1.165) is 38.7 Å². The van der Waals surface area contributed by atoms with Gasteiger partial charge in [0.15, 0.2) is 0 Å². The molecule has 0 aromatic rings. The Balaban J connectivity index is 0.00000176. The number of fused-ring (bicyclic) bond motifs is 1. The Kier molecular flexibility index (Phi) is 5.15. The molecule has 3 N–H and O–H groups in total. The van der Waals surface area contributed by atoms with Crippen LogP contribution in [0.15, 0.2) is 0 Å². The fraction of sp³-hybridized carbons (Fsp3) is 0.941. The van der Waals surface area contributed by atoms with E-state index in [2.05, 4.69) is 19.2 Å². The fourth-order valence-corrected chi connectivity index (χ4v) is 4.86. The van der Waals surface area contributed by atoms with Crippen molar-refractivity contribution >= 4 is 18.3 Å². The van der Waals surface area contributed by atoms with Gasteiger partial charge in [0.2, 0.25) is 5.91 Å². The Labute approximate surface area is 140 Å². The molecule has 3 rings (SSSR count). The van der Waals surface area contributed by atoms with E-state index >= 15 is 0 Å². The molecular formula is C17H31ClN2O2. The molecule has 0 aromatic heterocycles. The normalized spacial score (nSPS) is 43.3. The van der Waals surface area contributed by atoms with Gasteiger partial charge in [-0.15, -0.1) is 12.4 Å². The van der Waals surface area contributed by atoms with Crippen molar-refractivity contribution in [2.75, 3.05) is 6.61 Å². The molecule has 1 heterocycles. The molecule has 5 unspecified atom stereocenters. The Bertz CT molecular complexity index is 425. The maximum Gasteiger partial charge on any atom is 0.225 e. The molecule has 0 aromatic carbocycles. The largest absolute Gasteiger partial charge is 0.377 e. The lowest BCUT2D eigenvalue weighted by atomic mass is 9.55. The maximum absolute atomic E-state index is 12.7. The lowest BCUT2D eigenvalue weighted by molar-refractivity contribution is -0.195. The molecule has 1 saturated heterocycles. The summed E-state index contributed by atoms with van der Waals surface area (Å²) in [5.41, 5.74) is 6.07. The number of hydrogen-bond acceptors (Lipinski definition) is 3. The first kappa shape index (κ1) is 18.0. The van der Waals surface area contributed by atoms with Gasteiger partial charge in [0.25, 0.3) is 0 Å². The SMILES string of the molecule is CC1(N)CCCCC1C(=O)NC1C2CCCOC2C1(C)C.Cl. The minimum atomic E-state index is -0.349. The highest BCUT2D eigenvalue weighted by Crippen LogP contribution is 2.51. The lowest BCUT2D eigenvalue weighted by Gasteiger charge is -2.60. The second kappa shape index (κ2) is 6.29. The summed E-state index contributed by atoms with van der Waals surface area (Å²) in [6, 6.07) is 0.244. The van der Waals surface area contributed by atoms with Gasteiger partial charge in [-0.25, -0.2) is 0 Å². The van der Waals surface area contributed by atoms with E-state index in [4.69, 9.17) is 10.5 Å². The minimum Gasteiger partial charge on any atom is -0.377 e. The zero-order chi connectivity index (χ0) is 15.3. The van der Waals surface area contributed by atoms with Gasteiger partial charge >= 0.3 is 0 Å². The lowest BCUT2D eigenvalue weighted by Crippen LogP contribution is -2.71. The van der Waals surface area contributed by atoms with Crippen molar-refractivity contribution in [3.8, 4) is 0 Å². The van der Waals surface area contributed by atoms with Crippen molar-refractivity contribution in [2.45, 2.75) is 77.0 Å². The Morgan fingerprint density at radius 3 is 2.59 bits per heavy atom. The maximum atomic E-state index is 12.7. The molecule has 1 aliphatic heterocycles. The van der Waals surface area contributed by atoms with Crippen LogP contribution in [-0.2, 0) is 9.53 Å². The van der Waals surface area contributed by atoms with E-state index in [9.17, 15) is 4.79 Å². The highest BCUT2D eigenvalue weighted by Gasteiger charge is 2.58. The molecule has 1 amide bonds. The van der Waals surface area contributed by atoms with E-state index in [1.807, 2.05) is 6.92 Å². The monoisotopic (exact) mass is 330 g/mol. The number of hydrogen-bond donors (Lipinski definition) is 2. The van der Waals surface area contributed by atoms with Gasteiger partial charge in [-0.05, 0) is 32.6 Å². The van der Waals surface area contributed by atoms with Crippen LogP contribution in [-0.4, -0.2) is 30.2 Å². The Morgan fingerprint density at radius 2 is 1.91 bits per heavy atom. The molecule has 5 heteroatoms. The molecule has 0 spiro atoms. The van der Waals surface area contributed by atoms with Crippen LogP contribution in [0.5, 0.6) is 0 Å². The van der Waals surface area contributed by atoms with E-state index in [1.54, 1.807) is 0 Å². The summed E-state index contributed by atoms with van der Waals surface area (Å²) in [4.78, 5) is 12.7. The zero-order valence-corrected chi connectivity index (χ0v) is 14.9. The van der Waals surface area contributed by atoms with Crippen LogP contribution in [0.1, 0.15) is 59.3 Å². The Hall–Kier alpha value is -0.320. The summed E-state index contributed by atoms with van der Waals surface area (Å²) in [6.07, 6.45) is 6.74. The van der Waals surface area contributed by atoms with Crippen molar-refractivity contribution in [1.82, 2.24) is 5.32 Å². The third kappa shape index (κ3) is 2.90. The van der Waals surface area contributed by atoms with Crippen LogP contribution < -0.4 is 11.1 Å². The molecule has 5 atom stereocenters. The van der Waals surface area contributed by atoms with Crippen LogP contribution in [0.3, 0.4) is 0 Å². The van der Waals surface area contributed by atoms with Crippen molar-refractivity contribution in [2.24, 2.45) is 23.0 Å². The van der Waals surface area contributed by atoms with E-state index in [1.165, 1.54) is 6.42 Å². The van der Waals surface area contributed by atoms with Gasteiger partial charge in [-0.3, -0.25) is 4.79 Å². The van der Waals surface area contributed by atoms with Gasteiger partial charge in [0.05, 0.1) is 12.0 Å². The number of nitrogens with two attached hydrogens (primary N) is 1. The van der Waals surface area contributed by atoms with Crippen molar-refractivity contribution < 1.29 is 9.53 Å². The molecule has 2 saturated carbocycles. The quantitative estimate of drug-likeness (QED) is 0.818. The van der Waals surface area contributed by atoms with E-state index < -0.39 is 0 Å². The van der Waals surface area contributed by atoms with Crippen LogP contribution in [0.25, 0.3) is 0 Å². The van der Waals surface area contributed by atoms with Crippen molar-refractivity contribution in [3.05, 3.63) is 0 Å². The summed E-state index contributed by atoms with van der Waals surface area (Å²) < 4.78 is 5.91. The first-order valence-electron chi connectivity index (χ1n) is 8.55. The number of ether oxygens (including phenoxy) is 1. The van der Waals surface area contributed by atoms with Crippen LogP contribution in [0.2, 0.25) is 0 Å². The molecule has 22 heavy (non-hydrogen) atoms. The van der Waals surface area contributed by atoms with Gasteiger partial charge in [-0.2, -0.15) is 0 Å². The number of halogens is 1. The second-order valence-electron chi connectivity index (χ2n) is 8.21. The predicted octanol–water partition coefficient (Wildman–Crippen LogP) is 2.64. The molecule has 3 aliphatic rings. The van der Waals surface area contributed by atoms with Gasteiger partial charge in [0.1, 0.15) is 0 Å². The molecule has 3 fully saturated rings. The predicted molar refractivity (Wildman–Crippen MR) is 90.0 cm³/mol. The summed E-state index contributed by atoms with van der Waals surface area (Å²) in [5, 5.41) is 3.33. The molecule has 0 bridgehead atoms. The molecule has 128 valence electrons. The number of rotatable bonds is 2. The number of amides is 1. The van der Waals surface area contributed by atoms with E-state index in [0.29, 0.717) is 12.0 Å². The van der Waals surface area contributed by atoms with Crippen LogP contribution in [0.4, 0.5) is 0 Å². The standard InChI is InChI=1S/C17H30N2O2.ClH/c1-16(2)13(11-7-6-10-21-14(11)16)19-15(20)12-8-4-5-9-17(12,3)18;/h11-14H,4-10,18H2,1-3H3,(H,19,20);1H. The topological polar surface area (TPSA) is 64.4 Å². The minimum absolute atomic E-state index is 0. The third-order valence-electron chi connectivity index (χ3n) is 6.20. The summed E-state index contributed by atoms with van der Waals surface area (Å²) in [5.74, 6) is 0.623. The molecule has 0 radical (unpaired) electrons. The smallest absolute Gasteiger partial charge is 0.225 e. The number of carbonyl (C=O) groups excluding carboxylic acids is 1. The van der Waals surface area contributed by atoms with Crippen LogP contribution >= 0.6 is 12.4 Å². The fourth-order valence-electron chi connectivity index (χ4n) is 4.86. The third-order valence-corrected chi connectivity index (χ3v) is 6.20. The molecular weight excluding hydrogens is 300 g/mol. The van der Waals surface area contributed by atoms with Crippen molar-refractivity contribution in [1.29, 1.82) is 0 Å². The van der Waals surface area contributed by atoms with Crippen LogP contribution in [0, 0.1) is 17.3 Å². The highest BCUT2D eigenvalue weighted by molar-refractivity contribution is 5.85. The van der Waals surface area contributed by atoms with Gasteiger partial charge < -0.3 is 15.8 Å².